The molecule has 0 aliphatic heterocycles. The van der Waals surface area contributed by atoms with E-state index < -0.39 is 11.9 Å². The van der Waals surface area contributed by atoms with Crippen molar-refractivity contribution in [3.8, 4) is 0 Å². The first-order valence-corrected chi connectivity index (χ1v) is 5.00. The van der Waals surface area contributed by atoms with Crippen LogP contribution in [0.3, 0.4) is 0 Å². The van der Waals surface area contributed by atoms with Crippen molar-refractivity contribution in [3.05, 3.63) is 23.7 Å². The second-order valence-electron chi connectivity index (χ2n) is 4.20. The predicted octanol–water partition coefficient (Wildman–Crippen LogP) is 1.90. The van der Waals surface area contributed by atoms with E-state index in [0.717, 1.165) is 12.7 Å². The van der Waals surface area contributed by atoms with Gasteiger partial charge in [-0.1, -0.05) is 6.92 Å². The van der Waals surface area contributed by atoms with Gasteiger partial charge in [0.25, 0.3) is 5.91 Å². The van der Waals surface area contributed by atoms with Crippen molar-refractivity contribution in [2.75, 3.05) is 0 Å². The van der Waals surface area contributed by atoms with Crippen molar-refractivity contribution < 1.29 is 19.1 Å². The molecule has 1 amide bonds. The third kappa shape index (κ3) is 2.85. The van der Waals surface area contributed by atoms with Crippen LogP contribution in [-0.4, -0.2) is 22.5 Å². The molecule has 1 heterocycles. The van der Waals surface area contributed by atoms with Crippen LogP contribution in [0.25, 0.3) is 0 Å². The van der Waals surface area contributed by atoms with E-state index in [1.807, 2.05) is 20.8 Å². The lowest BCUT2D eigenvalue weighted by atomic mass is 10.0. The molecule has 1 rings (SSSR count). The second kappa shape index (κ2) is 4.38. The van der Waals surface area contributed by atoms with E-state index in [0.29, 0.717) is 0 Å². The molecule has 0 saturated heterocycles. The van der Waals surface area contributed by atoms with Crippen LogP contribution in [0.2, 0.25) is 0 Å². The lowest BCUT2D eigenvalue weighted by Crippen LogP contribution is -2.42. The van der Waals surface area contributed by atoms with Gasteiger partial charge >= 0.3 is 5.97 Å². The maximum atomic E-state index is 11.7. The summed E-state index contributed by atoms with van der Waals surface area (Å²) < 4.78 is 4.89. The summed E-state index contributed by atoms with van der Waals surface area (Å²) in [7, 11) is 0. The van der Waals surface area contributed by atoms with Crippen LogP contribution in [0.1, 0.15) is 48.1 Å². The second-order valence-corrected chi connectivity index (χ2v) is 4.20. The first kappa shape index (κ1) is 12.3. The van der Waals surface area contributed by atoms with Gasteiger partial charge in [-0.3, -0.25) is 4.79 Å². The van der Waals surface area contributed by atoms with Crippen LogP contribution >= 0.6 is 0 Å². The Morgan fingerprint density at radius 1 is 1.50 bits per heavy atom. The first-order chi connectivity index (χ1) is 7.35. The van der Waals surface area contributed by atoms with Gasteiger partial charge in [-0.15, -0.1) is 0 Å². The van der Waals surface area contributed by atoms with E-state index in [4.69, 9.17) is 9.52 Å². The Morgan fingerprint density at radius 2 is 2.12 bits per heavy atom. The molecule has 0 aromatic carbocycles. The highest BCUT2D eigenvalue weighted by Crippen LogP contribution is 2.12. The van der Waals surface area contributed by atoms with E-state index in [2.05, 4.69) is 5.32 Å². The van der Waals surface area contributed by atoms with Gasteiger partial charge in [0, 0.05) is 11.6 Å². The normalized spacial score (nSPS) is 11.2. The van der Waals surface area contributed by atoms with Gasteiger partial charge in [0.2, 0.25) is 0 Å². The summed E-state index contributed by atoms with van der Waals surface area (Å²) in [6, 6.07) is 1.21. The minimum atomic E-state index is -1.11. The van der Waals surface area contributed by atoms with Crippen LogP contribution in [0, 0.1) is 0 Å². The monoisotopic (exact) mass is 225 g/mol. The van der Waals surface area contributed by atoms with Crippen molar-refractivity contribution in [1.29, 1.82) is 0 Å². The van der Waals surface area contributed by atoms with Gasteiger partial charge in [-0.25, -0.2) is 4.79 Å². The van der Waals surface area contributed by atoms with Crippen LogP contribution < -0.4 is 5.32 Å². The smallest absolute Gasteiger partial charge is 0.338 e. The molecule has 16 heavy (non-hydrogen) atoms. The average Bonchev–Trinajstić information content (AvgIpc) is 2.66. The summed E-state index contributed by atoms with van der Waals surface area (Å²) in [5.41, 5.74) is -0.368. The summed E-state index contributed by atoms with van der Waals surface area (Å²) in [6.07, 6.45) is 1.82. The number of aromatic carboxylic acids is 1. The third-order valence-corrected chi connectivity index (χ3v) is 2.41. The SMILES string of the molecule is CCC(C)(C)NC(=O)c1cc(C(=O)O)co1. The standard InChI is InChI=1S/C11H15NO4/c1-4-11(2,3)12-9(13)8-5-7(6-16-8)10(14)15/h5-6H,4H2,1-3H3,(H,12,13)(H,14,15). The topological polar surface area (TPSA) is 79.5 Å². The zero-order chi connectivity index (χ0) is 12.3. The Bertz CT molecular complexity index is 406. The molecule has 0 unspecified atom stereocenters. The van der Waals surface area contributed by atoms with E-state index in [1.165, 1.54) is 6.07 Å². The fourth-order valence-electron chi connectivity index (χ4n) is 1.02. The van der Waals surface area contributed by atoms with E-state index in [9.17, 15) is 9.59 Å². The molecule has 0 radical (unpaired) electrons. The van der Waals surface area contributed by atoms with Crippen molar-refractivity contribution >= 4 is 11.9 Å². The van der Waals surface area contributed by atoms with Gasteiger partial charge in [0.1, 0.15) is 6.26 Å². The molecule has 5 heteroatoms. The molecule has 0 aliphatic rings. The van der Waals surface area contributed by atoms with Crippen LogP contribution in [-0.2, 0) is 0 Å². The molecular formula is C11H15NO4. The minimum Gasteiger partial charge on any atom is -0.478 e. The molecule has 0 bridgehead atoms. The van der Waals surface area contributed by atoms with Gasteiger partial charge in [-0.2, -0.15) is 0 Å². The number of nitrogens with one attached hydrogen (secondary N) is 1. The first-order valence-electron chi connectivity index (χ1n) is 5.00. The number of carboxylic acids is 1. The van der Waals surface area contributed by atoms with Crippen molar-refractivity contribution in [2.24, 2.45) is 0 Å². The summed E-state index contributed by atoms with van der Waals surface area (Å²) in [5.74, 6) is -1.50. The maximum Gasteiger partial charge on any atom is 0.338 e. The molecule has 1 aromatic heterocycles. The number of furan rings is 1. The molecule has 0 atom stereocenters. The molecule has 0 spiro atoms. The molecule has 2 N–H and O–H groups in total. The number of carboxylic acid groups (broad SMARTS) is 1. The van der Waals surface area contributed by atoms with Gasteiger partial charge in [0.15, 0.2) is 5.76 Å². The molecule has 0 fully saturated rings. The van der Waals surface area contributed by atoms with Gasteiger partial charge in [-0.05, 0) is 20.3 Å². The number of carbonyl (C=O) groups is 2. The molecule has 0 saturated carbocycles. The highest BCUT2D eigenvalue weighted by Gasteiger charge is 2.21. The Hall–Kier alpha value is -1.78. The van der Waals surface area contributed by atoms with Crippen molar-refractivity contribution in [3.63, 3.8) is 0 Å². The van der Waals surface area contributed by atoms with Gasteiger partial charge in [0.05, 0.1) is 5.56 Å². The van der Waals surface area contributed by atoms with E-state index in [-0.39, 0.29) is 16.9 Å². The largest absolute Gasteiger partial charge is 0.478 e. The number of carbonyl (C=O) groups excluding carboxylic acids is 1. The van der Waals surface area contributed by atoms with Crippen LogP contribution in [0.5, 0.6) is 0 Å². The van der Waals surface area contributed by atoms with E-state index >= 15 is 0 Å². The maximum absolute atomic E-state index is 11.7. The third-order valence-electron chi connectivity index (χ3n) is 2.41. The highest BCUT2D eigenvalue weighted by molar-refractivity contribution is 5.95. The zero-order valence-corrected chi connectivity index (χ0v) is 9.53. The minimum absolute atomic E-state index is 0.0129. The molecule has 0 aliphatic carbocycles. The Labute approximate surface area is 93.4 Å². The fourth-order valence-corrected chi connectivity index (χ4v) is 1.02. The molecule has 88 valence electrons. The summed E-state index contributed by atoms with van der Waals surface area (Å²) in [4.78, 5) is 22.2. The lowest BCUT2D eigenvalue weighted by molar-refractivity contribution is 0.0695. The summed E-state index contributed by atoms with van der Waals surface area (Å²) >= 11 is 0. The van der Waals surface area contributed by atoms with Crippen LogP contribution in [0.15, 0.2) is 16.7 Å². The molecule has 1 aromatic rings. The quantitative estimate of drug-likeness (QED) is 0.820. The number of amides is 1. The lowest BCUT2D eigenvalue weighted by Gasteiger charge is -2.23. The number of hydrogen-bond donors (Lipinski definition) is 2. The fraction of sp³-hybridized carbons (Fsp3) is 0.455. The average molecular weight is 225 g/mol. The highest BCUT2D eigenvalue weighted by atomic mass is 16.4. The number of rotatable bonds is 4. The molecule has 5 nitrogen and oxygen atoms in total. The van der Waals surface area contributed by atoms with Crippen molar-refractivity contribution in [1.82, 2.24) is 5.32 Å². The summed E-state index contributed by atoms with van der Waals surface area (Å²) in [5, 5.41) is 11.4. The Kier molecular flexibility index (Phi) is 3.37. The van der Waals surface area contributed by atoms with E-state index in [1.54, 1.807) is 0 Å². The molecular weight excluding hydrogens is 210 g/mol. The van der Waals surface area contributed by atoms with Gasteiger partial charge < -0.3 is 14.8 Å². The van der Waals surface area contributed by atoms with Crippen LogP contribution in [0.4, 0.5) is 0 Å². The van der Waals surface area contributed by atoms with Crippen molar-refractivity contribution in [2.45, 2.75) is 32.7 Å². The Morgan fingerprint density at radius 3 is 2.56 bits per heavy atom. The Balaban J connectivity index is 2.77. The number of hydrogen-bond acceptors (Lipinski definition) is 3. The zero-order valence-electron chi connectivity index (χ0n) is 9.53. The predicted molar refractivity (Wildman–Crippen MR) is 57.5 cm³/mol. The summed E-state index contributed by atoms with van der Waals surface area (Å²) in [6.45, 7) is 5.71.